The van der Waals surface area contributed by atoms with Gasteiger partial charge in [-0.05, 0) is 43.2 Å². The van der Waals surface area contributed by atoms with E-state index in [-0.39, 0.29) is 18.9 Å². The Labute approximate surface area is 149 Å². The third-order valence-corrected chi connectivity index (χ3v) is 3.92. The predicted octanol–water partition coefficient (Wildman–Crippen LogP) is 4.10. The standard InChI is InChI=1S/C19H19F3N2O2/c1-11-4-5-12(2)15(10-11)23-17(26)8-9-24(13(3)25)16-7-6-14(20)18(21)19(16)22/h4-7,10H,8-9H2,1-3H3,(H,23,26). The van der Waals surface area contributed by atoms with Gasteiger partial charge in [0.15, 0.2) is 17.5 Å². The Balaban J connectivity index is 2.12. The van der Waals surface area contributed by atoms with Gasteiger partial charge in [-0.25, -0.2) is 13.2 Å². The van der Waals surface area contributed by atoms with E-state index in [0.29, 0.717) is 5.69 Å². The van der Waals surface area contributed by atoms with Crippen LogP contribution in [0.5, 0.6) is 0 Å². The first-order valence-electron chi connectivity index (χ1n) is 7.99. The van der Waals surface area contributed by atoms with E-state index in [4.69, 9.17) is 0 Å². The Kier molecular flexibility index (Phi) is 6.02. The molecule has 2 amide bonds. The number of nitrogens with one attached hydrogen (secondary N) is 1. The molecule has 2 rings (SSSR count). The van der Waals surface area contributed by atoms with Crippen LogP contribution < -0.4 is 10.2 Å². The quantitative estimate of drug-likeness (QED) is 0.812. The Hall–Kier alpha value is -2.83. The lowest BCUT2D eigenvalue weighted by Crippen LogP contribution is -2.33. The predicted molar refractivity (Wildman–Crippen MR) is 93.5 cm³/mol. The minimum absolute atomic E-state index is 0.134. The number of anilines is 2. The molecule has 0 aliphatic carbocycles. The second-order valence-corrected chi connectivity index (χ2v) is 5.98. The fourth-order valence-electron chi connectivity index (χ4n) is 2.47. The number of rotatable bonds is 5. The van der Waals surface area contributed by atoms with Crippen molar-refractivity contribution in [2.45, 2.75) is 27.2 Å². The summed E-state index contributed by atoms with van der Waals surface area (Å²) in [4.78, 5) is 24.8. The number of hydrogen-bond acceptors (Lipinski definition) is 2. The van der Waals surface area contributed by atoms with E-state index < -0.39 is 29.0 Å². The van der Waals surface area contributed by atoms with Gasteiger partial charge in [0, 0.05) is 25.6 Å². The third-order valence-electron chi connectivity index (χ3n) is 3.92. The lowest BCUT2D eigenvalue weighted by Gasteiger charge is -2.22. The highest BCUT2D eigenvalue weighted by molar-refractivity contribution is 5.95. The Bertz CT molecular complexity index is 853. The van der Waals surface area contributed by atoms with E-state index in [0.717, 1.165) is 35.1 Å². The molecule has 0 heterocycles. The molecule has 2 aromatic rings. The number of halogens is 3. The molecule has 0 atom stereocenters. The fraction of sp³-hybridized carbons (Fsp3) is 0.263. The fourth-order valence-corrected chi connectivity index (χ4v) is 2.47. The highest BCUT2D eigenvalue weighted by atomic mass is 19.2. The Morgan fingerprint density at radius 2 is 1.73 bits per heavy atom. The number of carbonyl (C=O) groups excluding carboxylic acids is 2. The van der Waals surface area contributed by atoms with Gasteiger partial charge in [-0.1, -0.05) is 12.1 Å². The maximum absolute atomic E-state index is 13.9. The van der Waals surface area contributed by atoms with E-state index in [1.54, 1.807) is 0 Å². The zero-order valence-electron chi connectivity index (χ0n) is 14.7. The molecule has 0 bridgehead atoms. The maximum atomic E-state index is 13.9. The van der Waals surface area contributed by atoms with E-state index in [2.05, 4.69) is 5.32 Å². The molecule has 0 radical (unpaired) electrons. The molecule has 2 aromatic carbocycles. The normalized spacial score (nSPS) is 10.5. The van der Waals surface area contributed by atoms with Crippen LogP contribution in [0.2, 0.25) is 0 Å². The maximum Gasteiger partial charge on any atom is 0.226 e. The van der Waals surface area contributed by atoms with Gasteiger partial charge in [0.05, 0.1) is 5.69 Å². The van der Waals surface area contributed by atoms with Crippen molar-refractivity contribution in [3.63, 3.8) is 0 Å². The Morgan fingerprint density at radius 3 is 2.38 bits per heavy atom. The molecule has 0 aliphatic rings. The topological polar surface area (TPSA) is 49.4 Å². The molecular formula is C19H19F3N2O2. The molecule has 0 spiro atoms. The number of amides is 2. The van der Waals surface area contributed by atoms with E-state index >= 15 is 0 Å². The first kappa shape index (κ1) is 19.5. The molecule has 7 heteroatoms. The van der Waals surface area contributed by atoms with Gasteiger partial charge in [0.2, 0.25) is 11.8 Å². The highest BCUT2D eigenvalue weighted by Crippen LogP contribution is 2.24. The van der Waals surface area contributed by atoms with Crippen molar-refractivity contribution in [3.05, 3.63) is 58.9 Å². The number of hydrogen-bond donors (Lipinski definition) is 1. The van der Waals surface area contributed by atoms with Crippen LogP contribution in [0.3, 0.4) is 0 Å². The van der Waals surface area contributed by atoms with E-state index in [1.807, 2.05) is 32.0 Å². The van der Waals surface area contributed by atoms with Crippen molar-refractivity contribution in [2.75, 3.05) is 16.8 Å². The average molecular weight is 364 g/mol. The van der Waals surface area contributed by atoms with E-state index in [9.17, 15) is 22.8 Å². The molecule has 0 aromatic heterocycles. The summed E-state index contributed by atoms with van der Waals surface area (Å²) in [5, 5.41) is 2.73. The van der Waals surface area contributed by atoms with Crippen LogP contribution in [0.4, 0.5) is 24.5 Å². The number of aryl methyl sites for hydroxylation is 2. The van der Waals surface area contributed by atoms with Crippen molar-refractivity contribution in [2.24, 2.45) is 0 Å². The third kappa shape index (κ3) is 4.41. The van der Waals surface area contributed by atoms with Crippen LogP contribution in [-0.2, 0) is 9.59 Å². The van der Waals surface area contributed by atoms with Crippen LogP contribution >= 0.6 is 0 Å². The summed E-state index contributed by atoms with van der Waals surface area (Å²) in [6.45, 7) is 4.71. The molecule has 1 N–H and O–H groups in total. The van der Waals surface area contributed by atoms with Crippen LogP contribution in [0, 0.1) is 31.3 Å². The summed E-state index contributed by atoms with van der Waals surface area (Å²) in [7, 11) is 0. The minimum Gasteiger partial charge on any atom is -0.326 e. The Morgan fingerprint density at radius 1 is 1.04 bits per heavy atom. The van der Waals surface area contributed by atoms with Gasteiger partial charge in [0.25, 0.3) is 0 Å². The second-order valence-electron chi connectivity index (χ2n) is 5.98. The summed E-state index contributed by atoms with van der Waals surface area (Å²) < 4.78 is 40.4. The molecule has 0 aliphatic heterocycles. The highest BCUT2D eigenvalue weighted by Gasteiger charge is 2.21. The first-order valence-corrected chi connectivity index (χ1v) is 7.99. The summed E-state index contributed by atoms with van der Waals surface area (Å²) in [5.41, 5.74) is 2.08. The first-order chi connectivity index (χ1) is 12.2. The molecule has 0 saturated carbocycles. The van der Waals surface area contributed by atoms with Gasteiger partial charge < -0.3 is 10.2 Å². The van der Waals surface area contributed by atoms with Crippen molar-refractivity contribution in [3.8, 4) is 0 Å². The van der Waals surface area contributed by atoms with E-state index in [1.165, 1.54) is 0 Å². The lowest BCUT2D eigenvalue weighted by atomic mass is 10.1. The molecular weight excluding hydrogens is 345 g/mol. The van der Waals surface area contributed by atoms with Crippen LogP contribution in [0.1, 0.15) is 24.5 Å². The van der Waals surface area contributed by atoms with Crippen LogP contribution in [0.15, 0.2) is 30.3 Å². The molecule has 26 heavy (non-hydrogen) atoms. The van der Waals surface area contributed by atoms with Gasteiger partial charge in [-0.15, -0.1) is 0 Å². The minimum atomic E-state index is -1.66. The van der Waals surface area contributed by atoms with Crippen LogP contribution in [0.25, 0.3) is 0 Å². The van der Waals surface area contributed by atoms with Crippen molar-refractivity contribution >= 4 is 23.2 Å². The smallest absolute Gasteiger partial charge is 0.226 e. The molecule has 0 saturated heterocycles. The molecule has 0 fully saturated rings. The number of benzene rings is 2. The second kappa shape index (κ2) is 8.03. The summed E-state index contributed by atoms with van der Waals surface area (Å²) in [5.74, 6) is -5.44. The van der Waals surface area contributed by atoms with Crippen molar-refractivity contribution in [1.29, 1.82) is 0 Å². The molecule has 4 nitrogen and oxygen atoms in total. The summed E-state index contributed by atoms with van der Waals surface area (Å²) in [6, 6.07) is 7.29. The van der Waals surface area contributed by atoms with Gasteiger partial charge >= 0.3 is 0 Å². The summed E-state index contributed by atoms with van der Waals surface area (Å²) in [6.07, 6.45) is -0.134. The number of carbonyl (C=O) groups is 2. The van der Waals surface area contributed by atoms with Gasteiger partial charge in [0.1, 0.15) is 0 Å². The van der Waals surface area contributed by atoms with Crippen molar-refractivity contribution < 1.29 is 22.8 Å². The number of nitrogens with zero attached hydrogens (tertiary/aromatic N) is 1. The zero-order chi connectivity index (χ0) is 19.4. The van der Waals surface area contributed by atoms with Gasteiger partial charge in [-0.3, -0.25) is 9.59 Å². The zero-order valence-corrected chi connectivity index (χ0v) is 14.7. The average Bonchev–Trinajstić information content (AvgIpc) is 2.57. The summed E-state index contributed by atoms with van der Waals surface area (Å²) >= 11 is 0. The SMILES string of the molecule is CC(=O)N(CCC(=O)Nc1cc(C)ccc1C)c1ccc(F)c(F)c1F. The molecule has 138 valence electrons. The monoisotopic (exact) mass is 364 g/mol. The van der Waals surface area contributed by atoms with Gasteiger partial charge in [-0.2, -0.15) is 0 Å². The van der Waals surface area contributed by atoms with Crippen molar-refractivity contribution in [1.82, 2.24) is 0 Å². The largest absolute Gasteiger partial charge is 0.326 e. The lowest BCUT2D eigenvalue weighted by molar-refractivity contribution is -0.117. The van der Waals surface area contributed by atoms with Crippen LogP contribution in [-0.4, -0.2) is 18.4 Å². The molecule has 0 unspecified atom stereocenters.